The average molecular weight is 271 g/mol. The smallest absolute Gasteiger partial charge is 0.323 e. The Labute approximate surface area is 109 Å². The van der Waals surface area contributed by atoms with Gasteiger partial charge in [0.25, 0.3) is 5.91 Å². The van der Waals surface area contributed by atoms with E-state index in [0.29, 0.717) is 18.0 Å². The second-order valence-electron chi connectivity index (χ2n) is 3.98. The number of rotatable bonds is 6. The van der Waals surface area contributed by atoms with Crippen molar-refractivity contribution in [1.29, 1.82) is 0 Å². The van der Waals surface area contributed by atoms with E-state index in [9.17, 15) is 9.59 Å². The van der Waals surface area contributed by atoms with Gasteiger partial charge in [-0.15, -0.1) is 11.3 Å². The number of nitrogens with zero attached hydrogens (tertiary/aromatic N) is 2. The summed E-state index contributed by atoms with van der Waals surface area (Å²) in [5.41, 5.74) is 5.94. The number of thiazole rings is 1. The number of nitrogens with two attached hydrogens (primary N) is 1. The first-order valence-electron chi connectivity index (χ1n) is 5.67. The highest BCUT2D eigenvalue weighted by atomic mass is 32.1. The maximum absolute atomic E-state index is 12.1. The molecule has 1 rings (SSSR count). The van der Waals surface area contributed by atoms with E-state index >= 15 is 0 Å². The molecule has 18 heavy (non-hydrogen) atoms. The van der Waals surface area contributed by atoms with E-state index in [2.05, 4.69) is 4.98 Å². The average Bonchev–Trinajstić information content (AvgIpc) is 2.76. The lowest BCUT2D eigenvalue weighted by atomic mass is 10.3. The molecule has 100 valence electrons. The molecule has 0 aromatic carbocycles. The van der Waals surface area contributed by atoms with Gasteiger partial charge in [0, 0.05) is 11.9 Å². The van der Waals surface area contributed by atoms with Crippen molar-refractivity contribution in [2.24, 2.45) is 5.73 Å². The third-order valence-electron chi connectivity index (χ3n) is 2.24. The predicted molar refractivity (Wildman–Crippen MR) is 68.5 cm³/mol. The van der Waals surface area contributed by atoms with Gasteiger partial charge < -0.3 is 15.7 Å². The van der Waals surface area contributed by atoms with Crippen LogP contribution in [0.15, 0.2) is 5.38 Å². The van der Waals surface area contributed by atoms with Crippen molar-refractivity contribution in [3.05, 3.63) is 16.1 Å². The van der Waals surface area contributed by atoms with E-state index in [-0.39, 0.29) is 24.2 Å². The zero-order valence-corrected chi connectivity index (χ0v) is 11.2. The maximum Gasteiger partial charge on any atom is 0.323 e. The second kappa shape index (κ2) is 6.46. The summed E-state index contributed by atoms with van der Waals surface area (Å²) in [5.74, 6) is -1.39. The standard InChI is InChI=1S/C11H17N3O3S/c1-3-4-14(5-9(15)16)11(17)8-6-18-10(13-8)7(2)12/h6-7H,3-5,12H2,1-2H3,(H,15,16). The predicted octanol–water partition coefficient (Wildman–Crippen LogP) is 1.10. The Kier molecular flexibility index (Phi) is 5.24. The number of hydrogen-bond donors (Lipinski definition) is 2. The van der Waals surface area contributed by atoms with Crippen molar-refractivity contribution in [1.82, 2.24) is 9.88 Å². The van der Waals surface area contributed by atoms with Crippen molar-refractivity contribution in [2.75, 3.05) is 13.1 Å². The lowest BCUT2D eigenvalue weighted by Gasteiger charge is -2.18. The minimum atomic E-state index is -1.03. The minimum Gasteiger partial charge on any atom is -0.480 e. The number of aliphatic carboxylic acids is 1. The topological polar surface area (TPSA) is 96.5 Å². The number of carboxylic acids is 1. The van der Waals surface area contributed by atoms with Crippen LogP contribution in [-0.2, 0) is 4.79 Å². The minimum absolute atomic E-state index is 0.226. The number of carboxylic acid groups (broad SMARTS) is 1. The van der Waals surface area contributed by atoms with Gasteiger partial charge in [-0.05, 0) is 13.3 Å². The van der Waals surface area contributed by atoms with Crippen LogP contribution in [-0.4, -0.2) is 40.0 Å². The van der Waals surface area contributed by atoms with Crippen LogP contribution >= 0.6 is 11.3 Å². The fourth-order valence-corrected chi connectivity index (χ4v) is 2.19. The summed E-state index contributed by atoms with van der Waals surface area (Å²) in [4.78, 5) is 28.2. The van der Waals surface area contributed by atoms with Crippen LogP contribution in [0.5, 0.6) is 0 Å². The van der Waals surface area contributed by atoms with Gasteiger partial charge in [-0.1, -0.05) is 6.92 Å². The van der Waals surface area contributed by atoms with Crippen molar-refractivity contribution in [3.63, 3.8) is 0 Å². The van der Waals surface area contributed by atoms with Gasteiger partial charge in [0.05, 0.1) is 6.04 Å². The monoisotopic (exact) mass is 271 g/mol. The van der Waals surface area contributed by atoms with Gasteiger partial charge in [0.1, 0.15) is 17.2 Å². The van der Waals surface area contributed by atoms with Crippen LogP contribution in [0.1, 0.15) is 41.8 Å². The van der Waals surface area contributed by atoms with Gasteiger partial charge in [0.2, 0.25) is 0 Å². The first kappa shape index (κ1) is 14.6. The molecule has 0 bridgehead atoms. The van der Waals surface area contributed by atoms with Crippen molar-refractivity contribution < 1.29 is 14.7 Å². The summed E-state index contributed by atoms with van der Waals surface area (Å²) >= 11 is 1.31. The Morgan fingerprint density at radius 1 is 1.61 bits per heavy atom. The first-order chi connectivity index (χ1) is 8.45. The van der Waals surface area contributed by atoms with Crippen LogP contribution in [0.25, 0.3) is 0 Å². The molecule has 0 fully saturated rings. The molecule has 0 saturated heterocycles. The van der Waals surface area contributed by atoms with Crippen molar-refractivity contribution >= 4 is 23.2 Å². The molecule has 0 aliphatic rings. The van der Waals surface area contributed by atoms with E-state index in [0.717, 1.165) is 0 Å². The highest BCUT2D eigenvalue weighted by Gasteiger charge is 2.20. The van der Waals surface area contributed by atoms with Crippen molar-refractivity contribution in [2.45, 2.75) is 26.3 Å². The van der Waals surface area contributed by atoms with Crippen LogP contribution in [0, 0.1) is 0 Å². The van der Waals surface area contributed by atoms with Gasteiger partial charge in [-0.3, -0.25) is 9.59 Å². The molecule has 6 nitrogen and oxygen atoms in total. The maximum atomic E-state index is 12.1. The fraction of sp³-hybridized carbons (Fsp3) is 0.545. The summed E-state index contributed by atoms with van der Waals surface area (Å²) in [6.45, 7) is 3.76. The Morgan fingerprint density at radius 3 is 2.72 bits per heavy atom. The highest BCUT2D eigenvalue weighted by Crippen LogP contribution is 2.17. The number of aromatic nitrogens is 1. The third kappa shape index (κ3) is 3.78. The van der Waals surface area contributed by atoms with Gasteiger partial charge >= 0.3 is 5.97 Å². The fourth-order valence-electron chi connectivity index (χ4n) is 1.44. The molecule has 1 unspecified atom stereocenters. The third-order valence-corrected chi connectivity index (χ3v) is 3.28. The molecular weight excluding hydrogens is 254 g/mol. The number of amides is 1. The zero-order chi connectivity index (χ0) is 13.7. The molecule has 7 heteroatoms. The second-order valence-corrected chi connectivity index (χ2v) is 4.87. The van der Waals surface area contributed by atoms with Gasteiger partial charge in [0.15, 0.2) is 0 Å². The summed E-state index contributed by atoms with van der Waals surface area (Å²) in [5, 5.41) is 11.1. The summed E-state index contributed by atoms with van der Waals surface area (Å²) in [6.07, 6.45) is 0.698. The molecule has 1 atom stereocenters. The molecule has 1 aromatic rings. The Hall–Kier alpha value is -1.47. The SMILES string of the molecule is CCCN(CC(=O)O)C(=O)c1csc(C(C)N)n1. The summed E-state index contributed by atoms with van der Waals surface area (Å²) in [7, 11) is 0. The number of carbonyl (C=O) groups is 2. The van der Waals surface area contributed by atoms with Crippen molar-refractivity contribution in [3.8, 4) is 0 Å². The molecule has 0 aliphatic carbocycles. The molecule has 3 N–H and O–H groups in total. The molecule has 0 aliphatic heterocycles. The quantitative estimate of drug-likeness (QED) is 0.807. The highest BCUT2D eigenvalue weighted by molar-refractivity contribution is 7.09. The Bertz CT molecular complexity index is 431. The summed E-state index contributed by atoms with van der Waals surface area (Å²) in [6, 6.07) is -0.226. The van der Waals surface area contributed by atoms with E-state index < -0.39 is 5.97 Å². The Morgan fingerprint density at radius 2 is 2.28 bits per heavy atom. The van der Waals surface area contributed by atoms with E-state index in [1.807, 2.05) is 6.92 Å². The lowest BCUT2D eigenvalue weighted by Crippen LogP contribution is -2.36. The van der Waals surface area contributed by atoms with E-state index in [1.165, 1.54) is 16.2 Å². The number of hydrogen-bond acceptors (Lipinski definition) is 5. The van der Waals surface area contributed by atoms with Crippen LogP contribution < -0.4 is 5.73 Å². The molecule has 0 radical (unpaired) electrons. The van der Waals surface area contributed by atoms with Crippen LogP contribution in [0.2, 0.25) is 0 Å². The van der Waals surface area contributed by atoms with Gasteiger partial charge in [-0.2, -0.15) is 0 Å². The van der Waals surface area contributed by atoms with E-state index in [1.54, 1.807) is 12.3 Å². The molecule has 1 amide bonds. The van der Waals surface area contributed by atoms with Crippen LogP contribution in [0.4, 0.5) is 0 Å². The largest absolute Gasteiger partial charge is 0.480 e. The first-order valence-corrected chi connectivity index (χ1v) is 6.55. The van der Waals surface area contributed by atoms with Crippen LogP contribution in [0.3, 0.4) is 0 Å². The molecule has 0 spiro atoms. The summed E-state index contributed by atoms with van der Waals surface area (Å²) < 4.78 is 0. The molecule has 1 aromatic heterocycles. The van der Waals surface area contributed by atoms with Gasteiger partial charge in [-0.25, -0.2) is 4.98 Å². The Balaban J connectivity index is 2.83. The molecular formula is C11H17N3O3S. The molecule has 0 saturated carbocycles. The normalized spacial score (nSPS) is 12.2. The van der Waals surface area contributed by atoms with E-state index in [4.69, 9.17) is 10.8 Å². The molecule has 1 heterocycles. The number of carbonyl (C=O) groups excluding carboxylic acids is 1. The zero-order valence-electron chi connectivity index (χ0n) is 10.4. The lowest BCUT2D eigenvalue weighted by molar-refractivity contribution is -0.137.